The molecule has 196 valence electrons. The molecule has 2 aliphatic rings. The summed E-state index contributed by atoms with van der Waals surface area (Å²) in [5.41, 5.74) is 11.5. The van der Waals surface area contributed by atoms with Gasteiger partial charge < -0.3 is 0 Å². The Hall–Kier alpha value is -5.22. The average Bonchev–Trinajstić information content (AvgIpc) is 3.34. The third kappa shape index (κ3) is 3.83. The molecule has 0 fully saturated rings. The number of imidazole rings is 1. The summed E-state index contributed by atoms with van der Waals surface area (Å²) in [5.74, 6) is 0.892. The van der Waals surface area contributed by atoms with Crippen LogP contribution < -0.4 is 4.90 Å². The summed E-state index contributed by atoms with van der Waals surface area (Å²) in [5, 5.41) is 2.47. The van der Waals surface area contributed by atoms with Crippen molar-refractivity contribution >= 4 is 45.7 Å². The van der Waals surface area contributed by atoms with Crippen molar-refractivity contribution in [2.24, 2.45) is 4.99 Å². The van der Waals surface area contributed by atoms with Gasteiger partial charge in [-0.1, -0.05) is 72.8 Å². The van der Waals surface area contributed by atoms with Crippen molar-refractivity contribution in [3.63, 3.8) is 0 Å². The molecule has 0 amide bonds. The Morgan fingerprint density at radius 2 is 1.61 bits per heavy atom. The minimum Gasteiger partial charge on any atom is -0.296 e. The highest BCUT2D eigenvalue weighted by molar-refractivity contribution is 5.93. The maximum absolute atomic E-state index is 5.27. The molecule has 4 heteroatoms. The van der Waals surface area contributed by atoms with Gasteiger partial charge >= 0.3 is 0 Å². The number of benzene rings is 5. The molecular weight excluding hydrogens is 500 g/mol. The number of fused-ring (bicyclic) bond motifs is 7. The van der Waals surface area contributed by atoms with Crippen molar-refractivity contribution in [2.45, 2.75) is 19.4 Å². The molecule has 1 aliphatic heterocycles. The minimum atomic E-state index is 0.542. The topological polar surface area (TPSA) is 33.4 Å². The molecule has 0 bridgehead atoms. The Morgan fingerprint density at radius 3 is 2.54 bits per heavy atom. The van der Waals surface area contributed by atoms with Gasteiger partial charge in [-0.2, -0.15) is 0 Å². The van der Waals surface area contributed by atoms with Crippen LogP contribution in [0.5, 0.6) is 0 Å². The van der Waals surface area contributed by atoms with E-state index in [2.05, 4.69) is 143 Å². The van der Waals surface area contributed by atoms with E-state index in [1.54, 1.807) is 0 Å². The van der Waals surface area contributed by atoms with Gasteiger partial charge in [-0.3, -0.25) is 14.5 Å². The van der Waals surface area contributed by atoms with Crippen molar-refractivity contribution in [3.8, 4) is 16.8 Å². The largest absolute Gasteiger partial charge is 0.296 e. The van der Waals surface area contributed by atoms with Crippen LogP contribution in [0.4, 0.5) is 11.6 Å². The van der Waals surface area contributed by atoms with E-state index in [0.29, 0.717) is 6.54 Å². The molecule has 1 aromatic heterocycles. The Bertz CT molecular complexity index is 2060. The second-order valence-electron chi connectivity index (χ2n) is 10.7. The van der Waals surface area contributed by atoms with Crippen LogP contribution in [0.15, 0.2) is 132 Å². The number of allylic oxidation sites excluding steroid dienone is 3. The molecule has 0 atom stereocenters. The van der Waals surface area contributed by atoms with Crippen LogP contribution >= 0.6 is 0 Å². The fourth-order valence-electron chi connectivity index (χ4n) is 6.38. The first kappa shape index (κ1) is 23.6. The van der Waals surface area contributed by atoms with E-state index in [1.807, 2.05) is 0 Å². The standard InChI is InChI=1S/C37H28N4/c1-38-24-25-20-29(28-19-18-26-10-2-3-11-27(26)22-28)23-30(21-25)40-34-15-7-4-12-31(34)32-13-5-8-16-35(32)41-36-17-9-6-14-33(36)39-37(40)41/h2-3,5-11,13-23H,1,4,12,24H2. The first-order chi connectivity index (χ1) is 20.3. The third-order valence-electron chi connectivity index (χ3n) is 8.21. The van der Waals surface area contributed by atoms with Crippen LogP contribution in [0.2, 0.25) is 0 Å². The first-order valence-corrected chi connectivity index (χ1v) is 14.1. The van der Waals surface area contributed by atoms with Crippen molar-refractivity contribution < 1.29 is 0 Å². The molecule has 1 aliphatic carbocycles. The fourth-order valence-corrected chi connectivity index (χ4v) is 6.38. The normalized spacial score (nSPS) is 14.1. The lowest BCUT2D eigenvalue weighted by molar-refractivity contribution is 0.997. The molecule has 41 heavy (non-hydrogen) atoms. The minimum absolute atomic E-state index is 0.542. The molecule has 0 saturated heterocycles. The molecular formula is C37H28N4. The summed E-state index contributed by atoms with van der Waals surface area (Å²) in [6.07, 6.45) is 6.56. The van der Waals surface area contributed by atoms with Crippen molar-refractivity contribution in [3.05, 3.63) is 138 Å². The lowest BCUT2D eigenvalue weighted by atomic mass is 9.93. The number of hydrogen-bond acceptors (Lipinski definition) is 3. The second-order valence-corrected chi connectivity index (χ2v) is 10.7. The van der Waals surface area contributed by atoms with Crippen LogP contribution in [0.1, 0.15) is 24.0 Å². The van der Waals surface area contributed by atoms with E-state index in [9.17, 15) is 0 Å². The van der Waals surface area contributed by atoms with E-state index in [4.69, 9.17) is 4.98 Å². The molecule has 0 unspecified atom stereocenters. The number of aromatic nitrogens is 2. The first-order valence-electron chi connectivity index (χ1n) is 14.1. The Morgan fingerprint density at radius 1 is 0.780 bits per heavy atom. The van der Waals surface area contributed by atoms with Crippen molar-refractivity contribution in [1.82, 2.24) is 9.55 Å². The van der Waals surface area contributed by atoms with Crippen LogP contribution in [0.3, 0.4) is 0 Å². The summed E-state index contributed by atoms with van der Waals surface area (Å²) in [7, 11) is 0. The number of nitrogens with zero attached hydrogens (tertiary/aromatic N) is 4. The summed E-state index contributed by atoms with van der Waals surface area (Å²) in [4.78, 5) is 11.9. The molecule has 8 rings (SSSR count). The highest BCUT2D eigenvalue weighted by atomic mass is 15.3. The SMILES string of the molecule is C=NCc1cc(-c2ccc3ccccc3c2)cc(N2C3=C(CCC=C3)c3ccccc3-n3c2nc2ccccc23)c1. The average molecular weight is 529 g/mol. The zero-order chi connectivity index (χ0) is 27.3. The molecule has 5 aromatic carbocycles. The van der Waals surface area contributed by atoms with Crippen LogP contribution in [-0.2, 0) is 6.54 Å². The molecule has 0 N–H and O–H groups in total. The third-order valence-corrected chi connectivity index (χ3v) is 8.21. The van der Waals surface area contributed by atoms with Crippen molar-refractivity contribution in [1.29, 1.82) is 0 Å². The van der Waals surface area contributed by atoms with Gasteiger partial charge in [0.15, 0.2) is 0 Å². The quantitative estimate of drug-likeness (QED) is 0.214. The van der Waals surface area contributed by atoms with E-state index >= 15 is 0 Å². The van der Waals surface area contributed by atoms with Crippen LogP contribution in [0.25, 0.3) is 44.2 Å². The Balaban J connectivity index is 1.42. The predicted molar refractivity (Wildman–Crippen MR) is 171 cm³/mol. The van der Waals surface area contributed by atoms with Gasteiger partial charge in [-0.25, -0.2) is 4.98 Å². The number of aliphatic imine (C=N–C) groups is 1. The maximum Gasteiger partial charge on any atom is 0.220 e. The number of anilines is 2. The van der Waals surface area contributed by atoms with E-state index in [0.717, 1.165) is 46.6 Å². The highest BCUT2D eigenvalue weighted by Gasteiger charge is 2.31. The van der Waals surface area contributed by atoms with Gasteiger partial charge in [-0.15, -0.1) is 0 Å². The van der Waals surface area contributed by atoms with E-state index in [-0.39, 0.29) is 0 Å². The monoisotopic (exact) mass is 528 g/mol. The Labute approximate surface area is 239 Å². The van der Waals surface area contributed by atoms with Crippen LogP contribution in [0, 0.1) is 0 Å². The fraction of sp³-hybridized carbons (Fsp3) is 0.0811. The number of para-hydroxylation sites is 3. The highest BCUT2D eigenvalue weighted by Crippen LogP contribution is 2.46. The smallest absolute Gasteiger partial charge is 0.220 e. The van der Waals surface area contributed by atoms with Gasteiger partial charge in [0, 0.05) is 5.56 Å². The van der Waals surface area contributed by atoms with Gasteiger partial charge in [0.05, 0.1) is 34.6 Å². The molecule has 2 heterocycles. The Kier molecular flexibility index (Phi) is 5.46. The summed E-state index contributed by atoms with van der Waals surface area (Å²) in [6, 6.07) is 39.1. The maximum atomic E-state index is 5.27. The van der Waals surface area contributed by atoms with Gasteiger partial charge in [0.25, 0.3) is 0 Å². The molecule has 4 nitrogen and oxygen atoms in total. The summed E-state index contributed by atoms with van der Waals surface area (Å²) < 4.78 is 2.32. The molecule has 6 aromatic rings. The molecule has 0 radical (unpaired) electrons. The number of rotatable bonds is 4. The summed E-state index contributed by atoms with van der Waals surface area (Å²) >= 11 is 0. The van der Waals surface area contributed by atoms with Gasteiger partial charge in [-0.05, 0) is 101 Å². The molecule has 0 saturated carbocycles. The lowest BCUT2D eigenvalue weighted by Crippen LogP contribution is -2.20. The second kappa shape index (κ2) is 9.46. The van der Waals surface area contributed by atoms with E-state index < -0.39 is 0 Å². The zero-order valence-electron chi connectivity index (χ0n) is 22.7. The lowest BCUT2D eigenvalue weighted by Gasteiger charge is -2.28. The summed E-state index contributed by atoms with van der Waals surface area (Å²) in [6.45, 7) is 4.36. The van der Waals surface area contributed by atoms with Gasteiger partial charge in [0.2, 0.25) is 5.95 Å². The number of hydrogen-bond donors (Lipinski definition) is 0. The van der Waals surface area contributed by atoms with E-state index in [1.165, 1.54) is 38.9 Å². The van der Waals surface area contributed by atoms with Crippen molar-refractivity contribution in [2.75, 3.05) is 4.90 Å². The molecule has 0 spiro atoms. The van der Waals surface area contributed by atoms with Gasteiger partial charge in [0.1, 0.15) is 0 Å². The zero-order valence-corrected chi connectivity index (χ0v) is 22.7. The predicted octanol–water partition coefficient (Wildman–Crippen LogP) is 9.26. The van der Waals surface area contributed by atoms with Crippen LogP contribution in [-0.4, -0.2) is 16.3 Å².